The van der Waals surface area contributed by atoms with Gasteiger partial charge in [0.05, 0.1) is 5.69 Å². The van der Waals surface area contributed by atoms with Crippen molar-refractivity contribution in [3.63, 3.8) is 0 Å². The number of carbonyl (C=O) groups is 1. The molecule has 3 rings (SSSR count). The van der Waals surface area contributed by atoms with Crippen molar-refractivity contribution in [3.8, 4) is 11.3 Å². The summed E-state index contributed by atoms with van der Waals surface area (Å²) in [6.45, 7) is 13.7. The third-order valence-corrected chi connectivity index (χ3v) is 5.62. The Labute approximate surface area is 193 Å². The van der Waals surface area contributed by atoms with E-state index in [1.165, 1.54) is 32.6 Å². The van der Waals surface area contributed by atoms with Crippen LogP contribution in [0.4, 0.5) is 11.8 Å². The molecule has 1 aliphatic heterocycles. The van der Waals surface area contributed by atoms with E-state index in [-0.39, 0.29) is 11.6 Å². The summed E-state index contributed by atoms with van der Waals surface area (Å²) >= 11 is 0. The molecular weight excluding hydrogens is 400 g/mol. The minimum atomic E-state index is -0.328. The zero-order valence-electron chi connectivity index (χ0n) is 20.6. The molecule has 2 N–H and O–H groups in total. The molecule has 176 valence electrons. The van der Waals surface area contributed by atoms with E-state index in [0.717, 1.165) is 42.0 Å². The molecule has 0 amide bonds. The molecule has 1 fully saturated rings. The molecule has 0 spiro atoms. The molecular formula is C26H40N4O2. The maximum absolute atomic E-state index is 10.2. The normalized spacial score (nSPS) is 18.5. The first-order chi connectivity index (χ1) is 15.1. The minimum absolute atomic E-state index is 0.225. The van der Waals surface area contributed by atoms with Crippen LogP contribution in [-0.4, -0.2) is 34.6 Å². The molecule has 2 heterocycles. The number of nitrogens with two attached hydrogens (primary N) is 1. The van der Waals surface area contributed by atoms with Crippen LogP contribution >= 0.6 is 0 Å². The highest BCUT2D eigenvalue weighted by Crippen LogP contribution is 2.31. The molecule has 1 saturated heterocycles. The van der Waals surface area contributed by atoms with E-state index in [1.807, 2.05) is 39.0 Å². The Bertz CT molecular complexity index is 849. The molecule has 0 aliphatic carbocycles. The van der Waals surface area contributed by atoms with Gasteiger partial charge in [0.1, 0.15) is 11.4 Å². The highest BCUT2D eigenvalue weighted by Gasteiger charge is 2.27. The van der Waals surface area contributed by atoms with Gasteiger partial charge >= 0.3 is 5.97 Å². The van der Waals surface area contributed by atoms with Crippen LogP contribution in [0.5, 0.6) is 0 Å². The predicted octanol–water partition coefficient (Wildman–Crippen LogP) is 5.73. The fourth-order valence-electron chi connectivity index (χ4n) is 4.00. The number of piperidine rings is 1. The van der Waals surface area contributed by atoms with E-state index in [2.05, 4.69) is 46.9 Å². The molecule has 0 saturated carbocycles. The summed E-state index contributed by atoms with van der Waals surface area (Å²) in [6, 6.07) is 12.3. The summed E-state index contributed by atoms with van der Waals surface area (Å²) in [5.74, 6) is 2.64. The van der Waals surface area contributed by atoms with E-state index in [9.17, 15) is 4.79 Å². The summed E-state index contributed by atoms with van der Waals surface area (Å²) in [5.41, 5.74) is 7.66. The lowest BCUT2D eigenvalue weighted by molar-refractivity contribution is -0.151. The summed E-state index contributed by atoms with van der Waals surface area (Å²) in [6.07, 6.45) is 5.10. The monoisotopic (exact) mass is 440 g/mol. The van der Waals surface area contributed by atoms with E-state index >= 15 is 0 Å². The summed E-state index contributed by atoms with van der Waals surface area (Å²) < 4.78 is 4.80. The van der Waals surface area contributed by atoms with Crippen LogP contribution in [0.15, 0.2) is 36.4 Å². The fourth-order valence-corrected chi connectivity index (χ4v) is 4.00. The Morgan fingerprint density at radius 3 is 2.47 bits per heavy atom. The first-order valence-corrected chi connectivity index (χ1v) is 11.7. The fraction of sp³-hybridized carbons (Fsp3) is 0.577. The quantitative estimate of drug-likeness (QED) is 0.598. The van der Waals surface area contributed by atoms with Gasteiger partial charge in [0.15, 0.2) is 0 Å². The number of hydrogen-bond acceptors (Lipinski definition) is 6. The van der Waals surface area contributed by atoms with Gasteiger partial charge < -0.3 is 15.4 Å². The second-order valence-electron chi connectivity index (χ2n) is 9.66. The Kier molecular flexibility index (Phi) is 9.48. The molecule has 0 unspecified atom stereocenters. The number of carbonyl (C=O) groups excluding carboxylic acids is 1. The summed E-state index contributed by atoms with van der Waals surface area (Å²) in [4.78, 5) is 21.6. The van der Waals surface area contributed by atoms with Crippen LogP contribution in [0.25, 0.3) is 11.3 Å². The molecule has 1 aromatic carbocycles. The SMILES string of the molecule is CC(=O)OC(C)(C)C.CCCC[C@@H]1CN(c2cc(-c3ccccc3)nc(N)n2)CC[C@@H]1C. The Morgan fingerprint density at radius 1 is 1.22 bits per heavy atom. The third kappa shape index (κ3) is 8.48. The van der Waals surface area contributed by atoms with Crippen molar-refractivity contribution < 1.29 is 9.53 Å². The number of esters is 1. The molecule has 32 heavy (non-hydrogen) atoms. The standard InChI is InChI=1S/C20H28N4.C6H12O2/c1-3-4-8-17-14-24(12-11-15(17)2)19-13-18(22-20(21)23-19)16-9-6-5-7-10-16;1-5(7)8-6(2,3)4/h5-7,9-10,13,15,17H,3-4,8,11-12,14H2,1-2H3,(H2,21,22,23);1-4H3/t15-,17+;/m0./s1. The number of nitrogens with zero attached hydrogens (tertiary/aromatic N) is 3. The summed E-state index contributed by atoms with van der Waals surface area (Å²) in [5, 5.41) is 0. The lowest BCUT2D eigenvalue weighted by atomic mass is 9.83. The van der Waals surface area contributed by atoms with Gasteiger partial charge in [-0.05, 0) is 45.4 Å². The van der Waals surface area contributed by atoms with E-state index < -0.39 is 0 Å². The van der Waals surface area contributed by atoms with Gasteiger partial charge in [-0.25, -0.2) is 4.98 Å². The maximum Gasteiger partial charge on any atom is 0.303 e. The van der Waals surface area contributed by atoms with Gasteiger partial charge in [0, 0.05) is 31.6 Å². The predicted molar refractivity (Wildman–Crippen MR) is 132 cm³/mol. The molecule has 1 aliphatic rings. The average molecular weight is 441 g/mol. The van der Waals surface area contributed by atoms with Gasteiger partial charge in [-0.2, -0.15) is 4.98 Å². The molecule has 2 atom stereocenters. The lowest BCUT2D eigenvalue weighted by Crippen LogP contribution is -2.40. The van der Waals surface area contributed by atoms with Crippen LogP contribution < -0.4 is 10.6 Å². The van der Waals surface area contributed by atoms with E-state index in [1.54, 1.807) is 0 Å². The maximum atomic E-state index is 10.2. The van der Waals surface area contributed by atoms with Crippen LogP contribution in [0.3, 0.4) is 0 Å². The van der Waals surface area contributed by atoms with Gasteiger partial charge in [-0.1, -0.05) is 57.0 Å². The largest absolute Gasteiger partial charge is 0.460 e. The minimum Gasteiger partial charge on any atom is -0.460 e. The van der Waals surface area contributed by atoms with E-state index in [4.69, 9.17) is 10.5 Å². The highest BCUT2D eigenvalue weighted by molar-refractivity contribution is 5.66. The number of anilines is 2. The highest BCUT2D eigenvalue weighted by atomic mass is 16.6. The van der Waals surface area contributed by atoms with Gasteiger partial charge in [-0.15, -0.1) is 0 Å². The number of unbranched alkanes of at least 4 members (excludes halogenated alkanes) is 1. The second kappa shape index (κ2) is 11.8. The molecule has 6 heteroatoms. The van der Waals surface area contributed by atoms with Crippen LogP contribution in [0.2, 0.25) is 0 Å². The zero-order chi connectivity index (χ0) is 23.7. The first kappa shape index (κ1) is 25.6. The molecule has 2 aromatic rings. The van der Waals surface area contributed by atoms with Crippen LogP contribution in [-0.2, 0) is 9.53 Å². The van der Waals surface area contributed by atoms with Crippen molar-refractivity contribution in [2.45, 2.75) is 72.8 Å². The summed E-state index contributed by atoms with van der Waals surface area (Å²) in [7, 11) is 0. The van der Waals surface area contributed by atoms with Crippen LogP contribution in [0.1, 0.15) is 67.2 Å². The third-order valence-electron chi connectivity index (χ3n) is 5.62. The number of benzene rings is 1. The first-order valence-electron chi connectivity index (χ1n) is 11.7. The average Bonchev–Trinajstić information content (AvgIpc) is 2.72. The van der Waals surface area contributed by atoms with Crippen molar-refractivity contribution in [2.75, 3.05) is 23.7 Å². The topological polar surface area (TPSA) is 81.3 Å². The molecule has 0 bridgehead atoms. The molecule has 6 nitrogen and oxygen atoms in total. The Morgan fingerprint density at radius 2 is 1.91 bits per heavy atom. The smallest absolute Gasteiger partial charge is 0.303 e. The second-order valence-corrected chi connectivity index (χ2v) is 9.66. The van der Waals surface area contributed by atoms with Gasteiger partial charge in [0.25, 0.3) is 0 Å². The zero-order valence-corrected chi connectivity index (χ0v) is 20.6. The number of rotatable bonds is 5. The van der Waals surface area contributed by atoms with Crippen molar-refractivity contribution in [1.82, 2.24) is 9.97 Å². The number of aromatic nitrogens is 2. The van der Waals surface area contributed by atoms with Crippen molar-refractivity contribution in [3.05, 3.63) is 36.4 Å². The van der Waals surface area contributed by atoms with Crippen molar-refractivity contribution >= 4 is 17.7 Å². The number of hydrogen-bond donors (Lipinski definition) is 1. The molecule has 1 aromatic heterocycles. The number of ether oxygens (including phenoxy) is 1. The Hall–Kier alpha value is -2.63. The lowest BCUT2D eigenvalue weighted by Gasteiger charge is -2.38. The van der Waals surface area contributed by atoms with E-state index in [0.29, 0.717) is 5.95 Å². The van der Waals surface area contributed by atoms with Crippen molar-refractivity contribution in [1.29, 1.82) is 0 Å². The number of nitrogen functional groups attached to an aromatic ring is 1. The van der Waals surface area contributed by atoms with Gasteiger partial charge in [0.2, 0.25) is 5.95 Å². The van der Waals surface area contributed by atoms with Crippen molar-refractivity contribution in [2.24, 2.45) is 11.8 Å². The van der Waals surface area contributed by atoms with Gasteiger partial charge in [-0.3, -0.25) is 4.79 Å². The Balaban J connectivity index is 0.000000390. The van der Waals surface area contributed by atoms with Crippen LogP contribution in [0, 0.1) is 11.8 Å². The molecule has 0 radical (unpaired) electrons.